The Bertz CT molecular complexity index is 445. The third-order valence-electron chi connectivity index (χ3n) is 1.26. The molecule has 0 atom stereocenters. The Labute approximate surface area is 83.7 Å². The van der Waals surface area contributed by atoms with Gasteiger partial charge in [-0.3, -0.25) is 0 Å². The Kier molecular flexibility index (Phi) is 2.65. The van der Waals surface area contributed by atoms with Crippen LogP contribution >= 0.6 is 22.9 Å². The zero-order valence-electron chi connectivity index (χ0n) is 6.44. The minimum Gasteiger partial charge on any atom is -0.477 e. The Morgan fingerprint density at radius 3 is 2.46 bits per heavy atom. The fourth-order valence-electron chi connectivity index (χ4n) is 0.770. The topological polar surface area (TPSA) is 71.4 Å². The molecule has 0 amide bonds. The van der Waals surface area contributed by atoms with Crippen LogP contribution in [-0.2, 0) is 9.84 Å². The van der Waals surface area contributed by atoms with E-state index in [9.17, 15) is 13.2 Å². The van der Waals surface area contributed by atoms with Gasteiger partial charge in [0.2, 0.25) is 0 Å². The quantitative estimate of drug-likeness (QED) is 0.851. The van der Waals surface area contributed by atoms with Crippen molar-refractivity contribution in [3.8, 4) is 0 Å². The van der Waals surface area contributed by atoms with Gasteiger partial charge in [0.05, 0.1) is 9.23 Å². The molecule has 4 nitrogen and oxygen atoms in total. The third-order valence-corrected chi connectivity index (χ3v) is 3.76. The zero-order valence-corrected chi connectivity index (χ0v) is 8.83. The first-order valence-corrected chi connectivity index (χ1v) is 6.13. The molecule has 0 saturated heterocycles. The fraction of sp³-hybridized carbons (Fsp3) is 0.167. The van der Waals surface area contributed by atoms with Crippen molar-refractivity contribution in [3.05, 3.63) is 15.3 Å². The van der Waals surface area contributed by atoms with Crippen molar-refractivity contribution < 1.29 is 18.3 Å². The second-order valence-electron chi connectivity index (χ2n) is 2.32. The van der Waals surface area contributed by atoms with Gasteiger partial charge in [0.25, 0.3) is 0 Å². The molecular weight excluding hydrogens is 236 g/mol. The van der Waals surface area contributed by atoms with Gasteiger partial charge in [-0.15, -0.1) is 11.3 Å². The average molecular weight is 241 g/mol. The van der Waals surface area contributed by atoms with Crippen molar-refractivity contribution in [1.29, 1.82) is 0 Å². The first kappa shape index (κ1) is 10.5. The summed E-state index contributed by atoms with van der Waals surface area (Å²) < 4.78 is 22.3. The van der Waals surface area contributed by atoms with E-state index in [0.717, 1.165) is 23.7 Å². The molecule has 0 unspecified atom stereocenters. The molecule has 1 rings (SSSR count). The molecule has 1 N–H and O–H groups in total. The number of halogens is 1. The number of aromatic carboxylic acids is 1. The molecule has 0 spiro atoms. The normalized spacial score (nSPS) is 11.5. The minimum atomic E-state index is -3.51. The van der Waals surface area contributed by atoms with Crippen molar-refractivity contribution in [1.82, 2.24) is 0 Å². The van der Waals surface area contributed by atoms with Gasteiger partial charge >= 0.3 is 5.97 Å². The van der Waals surface area contributed by atoms with Crippen molar-refractivity contribution in [2.75, 3.05) is 6.26 Å². The van der Waals surface area contributed by atoms with Crippen LogP contribution in [-0.4, -0.2) is 25.7 Å². The lowest BCUT2D eigenvalue weighted by Gasteiger charge is -1.94. The molecule has 0 radical (unpaired) electrons. The van der Waals surface area contributed by atoms with Gasteiger partial charge in [-0.2, -0.15) is 0 Å². The Balaban J connectivity index is 3.46. The lowest BCUT2D eigenvalue weighted by atomic mass is 10.5. The molecule has 1 heterocycles. The summed E-state index contributed by atoms with van der Waals surface area (Å²) in [6, 6.07) is 1.14. The molecule has 0 bridgehead atoms. The van der Waals surface area contributed by atoms with Crippen LogP contribution in [0, 0.1) is 0 Å². The molecule has 1 aromatic heterocycles. The van der Waals surface area contributed by atoms with E-state index in [1.807, 2.05) is 0 Å². The summed E-state index contributed by atoms with van der Waals surface area (Å²) in [6.45, 7) is 0. The smallest absolute Gasteiger partial charge is 0.347 e. The summed E-state index contributed by atoms with van der Waals surface area (Å²) in [5, 5.41) is 8.63. The fourth-order valence-corrected chi connectivity index (χ4v) is 3.20. The number of thiophene rings is 1. The van der Waals surface area contributed by atoms with Gasteiger partial charge in [0, 0.05) is 6.26 Å². The Morgan fingerprint density at radius 2 is 2.15 bits per heavy atom. The number of sulfone groups is 1. The van der Waals surface area contributed by atoms with E-state index in [4.69, 9.17) is 16.7 Å². The number of rotatable bonds is 2. The maximum Gasteiger partial charge on any atom is 0.347 e. The number of hydrogen-bond acceptors (Lipinski definition) is 4. The van der Waals surface area contributed by atoms with E-state index in [1.54, 1.807) is 0 Å². The van der Waals surface area contributed by atoms with Gasteiger partial charge in [0.1, 0.15) is 4.88 Å². The van der Waals surface area contributed by atoms with Gasteiger partial charge < -0.3 is 5.11 Å². The first-order chi connectivity index (χ1) is 5.82. The van der Waals surface area contributed by atoms with E-state index >= 15 is 0 Å². The standard InChI is InChI=1S/C6H5ClO4S2/c1-13(10,11)3-2-4(7)12-5(3)6(8)9/h2H,1H3,(H,8,9). The second kappa shape index (κ2) is 3.28. The molecule has 0 aliphatic carbocycles. The van der Waals surface area contributed by atoms with Crippen molar-refractivity contribution in [2.24, 2.45) is 0 Å². The predicted octanol–water partition coefficient (Wildman–Crippen LogP) is 1.50. The largest absolute Gasteiger partial charge is 0.477 e. The minimum absolute atomic E-state index is 0.151. The molecule has 0 fully saturated rings. The van der Waals surface area contributed by atoms with Crippen LogP contribution < -0.4 is 0 Å². The summed E-state index contributed by atoms with van der Waals surface area (Å²) in [6.07, 6.45) is 0.942. The lowest BCUT2D eigenvalue weighted by molar-refractivity contribution is 0.0698. The first-order valence-electron chi connectivity index (χ1n) is 3.05. The number of carboxylic acids is 1. The van der Waals surface area contributed by atoms with Crippen LogP contribution in [0.1, 0.15) is 9.67 Å². The molecule has 0 aliphatic rings. The maximum absolute atomic E-state index is 11.1. The summed E-state index contributed by atoms with van der Waals surface area (Å²) in [4.78, 5) is 10.1. The molecule has 0 aromatic carbocycles. The molecule has 7 heteroatoms. The highest BCUT2D eigenvalue weighted by molar-refractivity contribution is 7.91. The highest BCUT2D eigenvalue weighted by Crippen LogP contribution is 2.29. The Hall–Kier alpha value is -0.590. The monoisotopic (exact) mass is 240 g/mol. The Morgan fingerprint density at radius 1 is 1.62 bits per heavy atom. The van der Waals surface area contributed by atoms with Crippen LogP contribution in [0.15, 0.2) is 11.0 Å². The van der Waals surface area contributed by atoms with Gasteiger partial charge in [-0.25, -0.2) is 13.2 Å². The van der Waals surface area contributed by atoms with Crippen molar-refractivity contribution in [3.63, 3.8) is 0 Å². The molecule has 72 valence electrons. The van der Waals surface area contributed by atoms with Gasteiger partial charge in [-0.1, -0.05) is 11.6 Å². The summed E-state index contributed by atoms with van der Waals surface area (Å²) in [5.74, 6) is -1.28. The molecule has 13 heavy (non-hydrogen) atoms. The van der Waals surface area contributed by atoms with Crippen LogP contribution in [0.25, 0.3) is 0 Å². The lowest BCUT2D eigenvalue weighted by Crippen LogP contribution is -2.03. The molecule has 1 aromatic rings. The van der Waals surface area contributed by atoms with Crippen LogP contribution in [0.3, 0.4) is 0 Å². The van der Waals surface area contributed by atoms with Gasteiger partial charge in [-0.05, 0) is 6.07 Å². The SMILES string of the molecule is CS(=O)(=O)c1cc(Cl)sc1C(=O)O. The summed E-state index contributed by atoms with van der Waals surface area (Å²) >= 11 is 6.24. The summed E-state index contributed by atoms with van der Waals surface area (Å²) in [7, 11) is -3.51. The molecule has 0 saturated carbocycles. The second-order valence-corrected chi connectivity index (χ2v) is 5.99. The zero-order chi connectivity index (χ0) is 10.2. The van der Waals surface area contributed by atoms with Crippen LogP contribution in [0.5, 0.6) is 0 Å². The van der Waals surface area contributed by atoms with E-state index in [2.05, 4.69) is 0 Å². The van der Waals surface area contributed by atoms with E-state index in [1.165, 1.54) is 0 Å². The van der Waals surface area contributed by atoms with Crippen molar-refractivity contribution >= 4 is 38.7 Å². The van der Waals surface area contributed by atoms with Crippen molar-refractivity contribution in [2.45, 2.75) is 4.90 Å². The molecular formula is C6H5ClO4S2. The number of carboxylic acid groups (broad SMARTS) is 1. The number of hydrogen-bond donors (Lipinski definition) is 1. The highest BCUT2D eigenvalue weighted by atomic mass is 35.5. The van der Waals surface area contributed by atoms with Gasteiger partial charge in [0.15, 0.2) is 9.84 Å². The van der Waals surface area contributed by atoms with E-state index < -0.39 is 15.8 Å². The van der Waals surface area contributed by atoms with E-state index in [0.29, 0.717) is 0 Å². The van der Waals surface area contributed by atoms with E-state index in [-0.39, 0.29) is 14.1 Å². The van der Waals surface area contributed by atoms with Crippen LogP contribution in [0.4, 0.5) is 0 Å². The third kappa shape index (κ3) is 2.20. The summed E-state index contributed by atoms with van der Waals surface area (Å²) in [5.41, 5.74) is 0. The average Bonchev–Trinajstić information content (AvgIpc) is 2.29. The predicted molar refractivity (Wildman–Crippen MR) is 49.4 cm³/mol. The number of carbonyl (C=O) groups is 1. The highest BCUT2D eigenvalue weighted by Gasteiger charge is 2.21. The maximum atomic E-state index is 11.1. The molecule has 0 aliphatic heterocycles. The van der Waals surface area contributed by atoms with Crippen LogP contribution in [0.2, 0.25) is 4.34 Å².